The lowest BCUT2D eigenvalue weighted by Gasteiger charge is -2.26. The molecular weight excluding hydrogens is 450 g/mol. The number of amides is 2. The van der Waals surface area contributed by atoms with Gasteiger partial charge in [-0.2, -0.15) is 4.31 Å². The molecule has 1 aliphatic heterocycles. The molecule has 1 saturated heterocycles. The molecule has 11 heteroatoms. The Morgan fingerprint density at radius 1 is 1.00 bits per heavy atom. The van der Waals surface area contributed by atoms with Gasteiger partial charge in [-0.1, -0.05) is 12.1 Å². The quantitative estimate of drug-likeness (QED) is 0.584. The summed E-state index contributed by atoms with van der Waals surface area (Å²) in [5, 5.41) is 5.13. The molecule has 33 heavy (non-hydrogen) atoms. The van der Waals surface area contributed by atoms with Gasteiger partial charge in [-0.15, -0.1) is 0 Å². The van der Waals surface area contributed by atoms with E-state index in [-0.39, 0.29) is 35.1 Å². The maximum Gasteiger partial charge on any atom is 0.338 e. The molecule has 1 unspecified atom stereocenters. The van der Waals surface area contributed by atoms with Gasteiger partial charge >= 0.3 is 5.97 Å². The molecule has 0 radical (unpaired) electrons. The smallest absolute Gasteiger partial charge is 0.338 e. The second-order valence-electron chi connectivity index (χ2n) is 7.34. The number of carbonyl (C=O) groups excluding carboxylic acids is 3. The monoisotopic (exact) mass is 475 g/mol. The van der Waals surface area contributed by atoms with Crippen molar-refractivity contribution in [2.75, 3.05) is 36.9 Å². The minimum atomic E-state index is -3.72. The first kappa shape index (κ1) is 24.4. The molecule has 0 bridgehead atoms. The molecular formula is C22H25N3O7S. The Morgan fingerprint density at radius 2 is 1.64 bits per heavy atom. The first-order valence-corrected chi connectivity index (χ1v) is 11.7. The number of morpholine rings is 1. The van der Waals surface area contributed by atoms with E-state index in [1.54, 1.807) is 18.2 Å². The van der Waals surface area contributed by atoms with E-state index in [0.29, 0.717) is 18.9 Å². The van der Waals surface area contributed by atoms with Gasteiger partial charge < -0.3 is 20.1 Å². The number of nitrogens with one attached hydrogen (secondary N) is 2. The number of rotatable bonds is 7. The number of nitrogens with zero attached hydrogens (tertiary/aromatic N) is 1. The van der Waals surface area contributed by atoms with E-state index in [1.807, 2.05) is 0 Å². The number of sulfonamides is 1. The molecule has 2 aromatic carbocycles. The number of anilines is 2. The lowest BCUT2D eigenvalue weighted by molar-refractivity contribution is -0.123. The van der Waals surface area contributed by atoms with Crippen LogP contribution in [0, 0.1) is 0 Å². The maximum absolute atomic E-state index is 12.8. The fourth-order valence-corrected chi connectivity index (χ4v) is 4.58. The minimum Gasteiger partial charge on any atom is -0.449 e. The Labute approximate surface area is 191 Å². The first-order chi connectivity index (χ1) is 15.7. The van der Waals surface area contributed by atoms with E-state index in [1.165, 1.54) is 48.5 Å². The lowest BCUT2D eigenvalue weighted by Crippen LogP contribution is -2.40. The van der Waals surface area contributed by atoms with Crippen molar-refractivity contribution in [1.82, 2.24) is 4.31 Å². The zero-order valence-electron chi connectivity index (χ0n) is 18.2. The van der Waals surface area contributed by atoms with E-state index in [4.69, 9.17) is 9.47 Å². The molecule has 1 aliphatic rings. The van der Waals surface area contributed by atoms with Crippen LogP contribution in [0.2, 0.25) is 0 Å². The fraction of sp³-hybridized carbons (Fsp3) is 0.318. The van der Waals surface area contributed by atoms with Crippen LogP contribution in [-0.4, -0.2) is 62.9 Å². The highest BCUT2D eigenvalue weighted by molar-refractivity contribution is 7.89. The Bertz CT molecular complexity index is 1140. The van der Waals surface area contributed by atoms with Crippen LogP contribution in [0.25, 0.3) is 0 Å². The van der Waals surface area contributed by atoms with Gasteiger partial charge in [-0.05, 0) is 43.3 Å². The van der Waals surface area contributed by atoms with Gasteiger partial charge in [0.05, 0.1) is 23.7 Å². The Kier molecular flexibility index (Phi) is 7.79. The number of carbonyl (C=O) groups is 3. The summed E-state index contributed by atoms with van der Waals surface area (Å²) < 4.78 is 37.4. The Balaban J connectivity index is 1.64. The summed E-state index contributed by atoms with van der Waals surface area (Å²) in [5.74, 6) is -1.65. The molecule has 1 heterocycles. The maximum atomic E-state index is 12.8. The van der Waals surface area contributed by atoms with Gasteiger partial charge in [-0.3, -0.25) is 9.59 Å². The van der Waals surface area contributed by atoms with Crippen LogP contribution < -0.4 is 10.6 Å². The molecule has 0 saturated carbocycles. The minimum absolute atomic E-state index is 0.0432. The number of hydrogen-bond donors (Lipinski definition) is 2. The Morgan fingerprint density at radius 3 is 2.30 bits per heavy atom. The van der Waals surface area contributed by atoms with Crippen molar-refractivity contribution in [2.24, 2.45) is 0 Å². The summed E-state index contributed by atoms with van der Waals surface area (Å²) >= 11 is 0. The summed E-state index contributed by atoms with van der Waals surface area (Å²) in [7, 11) is -3.72. The van der Waals surface area contributed by atoms with E-state index in [0.717, 1.165) is 0 Å². The van der Waals surface area contributed by atoms with Crippen LogP contribution in [0.1, 0.15) is 24.2 Å². The average Bonchev–Trinajstić information content (AvgIpc) is 2.79. The first-order valence-electron chi connectivity index (χ1n) is 10.2. The van der Waals surface area contributed by atoms with Crippen molar-refractivity contribution >= 4 is 39.2 Å². The van der Waals surface area contributed by atoms with Gasteiger partial charge in [0.15, 0.2) is 6.10 Å². The molecule has 1 fully saturated rings. The van der Waals surface area contributed by atoms with Gasteiger partial charge in [0.1, 0.15) is 0 Å². The SMILES string of the molecule is CC(=O)Nc1cccc(C(=O)OC(C)C(=O)Nc2cccc(S(=O)(=O)N3CCOCC3)c2)c1. The standard InChI is InChI=1S/C22H25N3O7S/c1-15(32-22(28)17-5-3-6-18(13-17)23-16(2)26)21(27)24-19-7-4-8-20(14-19)33(29,30)25-9-11-31-12-10-25/h3-8,13-15H,9-12H2,1-2H3,(H,23,26)(H,24,27). The molecule has 1 atom stereocenters. The number of hydrogen-bond acceptors (Lipinski definition) is 7. The third kappa shape index (κ3) is 6.37. The highest BCUT2D eigenvalue weighted by atomic mass is 32.2. The topological polar surface area (TPSA) is 131 Å². The molecule has 2 aromatic rings. The Hall–Kier alpha value is -3.28. The predicted molar refractivity (Wildman–Crippen MR) is 120 cm³/mol. The van der Waals surface area contributed by atoms with Gasteiger partial charge in [0.25, 0.3) is 5.91 Å². The lowest BCUT2D eigenvalue weighted by atomic mass is 10.2. The van der Waals surface area contributed by atoms with Crippen LogP contribution in [0.15, 0.2) is 53.4 Å². The zero-order valence-corrected chi connectivity index (χ0v) is 19.1. The van der Waals surface area contributed by atoms with E-state index in [2.05, 4.69) is 10.6 Å². The molecule has 176 valence electrons. The molecule has 10 nitrogen and oxygen atoms in total. The highest BCUT2D eigenvalue weighted by Crippen LogP contribution is 2.21. The largest absolute Gasteiger partial charge is 0.449 e. The van der Waals surface area contributed by atoms with Gasteiger partial charge in [0.2, 0.25) is 15.9 Å². The van der Waals surface area contributed by atoms with E-state index in [9.17, 15) is 22.8 Å². The molecule has 0 aromatic heterocycles. The highest BCUT2D eigenvalue weighted by Gasteiger charge is 2.27. The van der Waals surface area contributed by atoms with Crippen molar-refractivity contribution in [3.05, 3.63) is 54.1 Å². The second-order valence-corrected chi connectivity index (χ2v) is 9.28. The number of esters is 1. The van der Waals surface area contributed by atoms with E-state index < -0.39 is 28.0 Å². The van der Waals surface area contributed by atoms with E-state index >= 15 is 0 Å². The molecule has 0 aliphatic carbocycles. The van der Waals surface area contributed by atoms with Crippen molar-refractivity contribution in [1.29, 1.82) is 0 Å². The van der Waals surface area contributed by atoms with Crippen molar-refractivity contribution < 1.29 is 32.3 Å². The molecule has 2 amide bonds. The second kappa shape index (κ2) is 10.6. The van der Waals surface area contributed by atoms with Gasteiger partial charge in [0, 0.05) is 31.4 Å². The molecule has 3 rings (SSSR count). The van der Waals surface area contributed by atoms with Crippen LogP contribution in [0.3, 0.4) is 0 Å². The van der Waals surface area contributed by atoms with Crippen molar-refractivity contribution in [2.45, 2.75) is 24.8 Å². The molecule has 2 N–H and O–H groups in total. The fourth-order valence-electron chi connectivity index (χ4n) is 3.12. The zero-order chi connectivity index (χ0) is 24.0. The normalized spacial score (nSPS) is 15.3. The van der Waals surface area contributed by atoms with Crippen molar-refractivity contribution in [3.8, 4) is 0 Å². The average molecular weight is 476 g/mol. The van der Waals surface area contributed by atoms with Crippen LogP contribution in [-0.2, 0) is 29.1 Å². The third-order valence-electron chi connectivity index (χ3n) is 4.78. The van der Waals surface area contributed by atoms with Gasteiger partial charge in [-0.25, -0.2) is 13.2 Å². The summed E-state index contributed by atoms with van der Waals surface area (Å²) in [6.07, 6.45) is -1.15. The molecule has 0 spiro atoms. The predicted octanol–water partition coefficient (Wildman–Crippen LogP) is 1.85. The summed E-state index contributed by atoms with van der Waals surface area (Å²) in [6.45, 7) is 3.92. The third-order valence-corrected chi connectivity index (χ3v) is 6.68. The number of ether oxygens (including phenoxy) is 2. The van der Waals surface area contributed by atoms with Crippen LogP contribution in [0.5, 0.6) is 0 Å². The van der Waals surface area contributed by atoms with Crippen LogP contribution >= 0.6 is 0 Å². The number of benzene rings is 2. The summed E-state index contributed by atoms with van der Waals surface area (Å²) in [5.41, 5.74) is 0.844. The van der Waals surface area contributed by atoms with Crippen molar-refractivity contribution in [3.63, 3.8) is 0 Å². The summed E-state index contributed by atoms with van der Waals surface area (Å²) in [6, 6.07) is 12.0. The van der Waals surface area contributed by atoms with Crippen LogP contribution in [0.4, 0.5) is 11.4 Å². The summed E-state index contributed by atoms with van der Waals surface area (Å²) in [4.78, 5) is 36.2.